The number of hydrogen-bond donors (Lipinski definition) is 1. The van der Waals surface area contributed by atoms with E-state index in [1.54, 1.807) is 0 Å². The summed E-state index contributed by atoms with van der Waals surface area (Å²) in [4.78, 5) is 0. The number of thiophene rings is 1. The van der Waals surface area contributed by atoms with Crippen LogP contribution in [0.2, 0.25) is 4.34 Å². The molecule has 1 heterocycles. The standard InChI is InChI=1S/C4HClF2O3S2/c5-3-1(6)2(7)4(11-3)12(8,9)10/h(H,8,9,10). The molecule has 12 heavy (non-hydrogen) atoms. The molecule has 0 fully saturated rings. The summed E-state index contributed by atoms with van der Waals surface area (Å²) in [6, 6.07) is 0. The molecule has 0 aliphatic carbocycles. The second-order valence-electron chi connectivity index (χ2n) is 1.77. The van der Waals surface area contributed by atoms with Crippen LogP contribution in [0.1, 0.15) is 0 Å². The van der Waals surface area contributed by atoms with Gasteiger partial charge < -0.3 is 0 Å². The molecule has 8 heteroatoms. The first kappa shape index (κ1) is 9.85. The third-order valence-electron chi connectivity index (χ3n) is 0.961. The molecule has 0 aliphatic heterocycles. The van der Waals surface area contributed by atoms with Gasteiger partial charge in [0.25, 0.3) is 0 Å². The van der Waals surface area contributed by atoms with E-state index in [0.29, 0.717) is 0 Å². The molecule has 68 valence electrons. The number of rotatable bonds is 1. The number of halogens is 3. The van der Waals surface area contributed by atoms with Crippen LogP contribution in [0.25, 0.3) is 0 Å². The normalized spacial score (nSPS) is 12.0. The lowest BCUT2D eigenvalue weighted by atomic mass is 10.6. The summed E-state index contributed by atoms with van der Waals surface area (Å²) in [6.45, 7) is 0. The van der Waals surface area contributed by atoms with Crippen molar-refractivity contribution in [3.8, 4) is 0 Å². The summed E-state index contributed by atoms with van der Waals surface area (Å²) in [5, 5.41) is 0. The topological polar surface area (TPSA) is 54.4 Å². The van der Waals surface area contributed by atoms with Gasteiger partial charge >= 0.3 is 10.1 Å². The third kappa shape index (κ3) is 1.58. The van der Waals surface area contributed by atoms with E-state index in [0.717, 1.165) is 0 Å². The Kier molecular flexibility index (Phi) is 2.39. The summed E-state index contributed by atoms with van der Waals surface area (Å²) in [6.07, 6.45) is 0. The van der Waals surface area contributed by atoms with Gasteiger partial charge in [-0.25, -0.2) is 8.78 Å². The van der Waals surface area contributed by atoms with Crippen molar-refractivity contribution in [1.82, 2.24) is 0 Å². The highest BCUT2D eigenvalue weighted by atomic mass is 35.5. The van der Waals surface area contributed by atoms with Crippen LogP contribution in [0.15, 0.2) is 4.21 Å². The largest absolute Gasteiger partial charge is 0.307 e. The lowest BCUT2D eigenvalue weighted by Crippen LogP contribution is -1.97. The fourth-order valence-corrected chi connectivity index (χ4v) is 2.47. The van der Waals surface area contributed by atoms with Crippen LogP contribution in [0.5, 0.6) is 0 Å². The van der Waals surface area contributed by atoms with E-state index in [1.165, 1.54) is 0 Å². The van der Waals surface area contributed by atoms with Gasteiger partial charge in [-0.2, -0.15) is 8.42 Å². The fraction of sp³-hybridized carbons (Fsp3) is 0. The summed E-state index contributed by atoms with van der Waals surface area (Å²) in [5.41, 5.74) is 0. The van der Waals surface area contributed by atoms with Crippen LogP contribution in [0.3, 0.4) is 0 Å². The van der Waals surface area contributed by atoms with E-state index in [9.17, 15) is 17.2 Å². The molecule has 1 aromatic heterocycles. The fourth-order valence-electron chi connectivity index (χ4n) is 0.513. The Bertz CT molecular complexity index is 410. The molecular formula is C4HClF2O3S2. The van der Waals surface area contributed by atoms with Crippen LogP contribution >= 0.6 is 22.9 Å². The summed E-state index contributed by atoms with van der Waals surface area (Å²) >= 11 is 5.19. The molecule has 0 aromatic carbocycles. The van der Waals surface area contributed by atoms with Gasteiger partial charge in [-0.1, -0.05) is 11.6 Å². The van der Waals surface area contributed by atoms with E-state index in [-0.39, 0.29) is 11.3 Å². The molecule has 0 atom stereocenters. The average Bonchev–Trinajstić information content (AvgIpc) is 2.15. The van der Waals surface area contributed by atoms with Gasteiger partial charge in [0, 0.05) is 0 Å². The predicted molar refractivity (Wildman–Crippen MR) is 39.1 cm³/mol. The van der Waals surface area contributed by atoms with Crippen molar-refractivity contribution in [2.24, 2.45) is 0 Å². The van der Waals surface area contributed by atoms with E-state index in [2.05, 4.69) is 0 Å². The van der Waals surface area contributed by atoms with Gasteiger partial charge in [-0.3, -0.25) is 4.55 Å². The molecule has 0 unspecified atom stereocenters. The zero-order valence-corrected chi connectivity index (χ0v) is 7.60. The quantitative estimate of drug-likeness (QED) is 0.756. The second kappa shape index (κ2) is 2.91. The molecule has 0 spiro atoms. The smallest absolute Gasteiger partial charge is 0.281 e. The molecule has 0 aliphatic rings. The van der Waals surface area contributed by atoms with Gasteiger partial charge in [0.2, 0.25) is 0 Å². The minimum Gasteiger partial charge on any atom is -0.281 e. The number of hydrogen-bond acceptors (Lipinski definition) is 3. The van der Waals surface area contributed by atoms with Gasteiger partial charge in [0.1, 0.15) is 4.34 Å². The zero-order valence-electron chi connectivity index (χ0n) is 5.21. The summed E-state index contributed by atoms with van der Waals surface area (Å²) in [7, 11) is -4.72. The molecule has 1 aromatic rings. The SMILES string of the molecule is O=S(=O)(O)c1sc(Cl)c(F)c1F. The highest BCUT2D eigenvalue weighted by Crippen LogP contribution is 2.32. The Morgan fingerprint density at radius 2 is 1.83 bits per heavy atom. The third-order valence-corrected chi connectivity index (χ3v) is 3.61. The highest BCUT2D eigenvalue weighted by molar-refractivity contribution is 7.88. The molecule has 0 bridgehead atoms. The summed E-state index contributed by atoms with van der Waals surface area (Å²) < 4.78 is 52.2. The maximum absolute atomic E-state index is 12.5. The first-order valence-corrected chi connectivity index (χ1v) is 5.08. The van der Waals surface area contributed by atoms with Crippen molar-refractivity contribution in [3.05, 3.63) is 16.0 Å². The highest BCUT2D eigenvalue weighted by Gasteiger charge is 2.25. The summed E-state index contributed by atoms with van der Waals surface area (Å²) in [5.74, 6) is -3.11. The van der Waals surface area contributed by atoms with Gasteiger partial charge in [0.05, 0.1) is 0 Å². The van der Waals surface area contributed by atoms with E-state index < -0.39 is 30.3 Å². The second-order valence-corrected chi connectivity index (χ2v) is 5.01. The van der Waals surface area contributed by atoms with Crippen molar-refractivity contribution in [1.29, 1.82) is 0 Å². The van der Waals surface area contributed by atoms with Crippen molar-refractivity contribution in [3.63, 3.8) is 0 Å². The van der Waals surface area contributed by atoms with Crippen molar-refractivity contribution >= 4 is 33.1 Å². The van der Waals surface area contributed by atoms with Crippen LogP contribution in [-0.4, -0.2) is 13.0 Å². The van der Waals surface area contributed by atoms with E-state index in [4.69, 9.17) is 16.2 Å². The van der Waals surface area contributed by atoms with Gasteiger partial charge in [0.15, 0.2) is 15.8 Å². The van der Waals surface area contributed by atoms with Crippen LogP contribution in [0, 0.1) is 11.6 Å². The van der Waals surface area contributed by atoms with Crippen LogP contribution in [0.4, 0.5) is 8.78 Å². The predicted octanol–water partition coefficient (Wildman–Crippen LogP) is 1.93. The van der Waals surface area contributed by atoms with Crippen molar-refractivity contribution in [2.45, 2.75) is 4.21 Å². The first-order chi connectivity index (χ1) is 5.34. The van der Waals surface area contributed by atoms with E-state index >= 15 is 0 Å². The van der Waals surface area contributed by atoms with Crippen molar-refractivity contribution in [2.75, 3.05) is 0 Å². The molecule has 0 amide bonds. The Balaban J connectivity index is 3.48. The Hall–Kier alpha value is -0.240. The monoisotopic (exact) mass is 234 g/mol. The minimum absolute atomic E-state index is 0.125. The van der Waals surface area contributed by atoms with Gasteiger partial charge in [-0.05, 0) is 0 Å². The lowest BCUT2D eigenvalue weighted by Gasteiger charge is -1.88. The Morgan fingerprint density at radius 3 is 2.00 bits per heavy atom. The van der Waals surface area contributed by atoms with Crippen LogP contribution < -0.4 is 0 Å². The Labute approximate surface area is 75.3 Å². The zero-order chi connectivity index (χ0) is 9.52. The molecule has 1 rings (SSSR count). The Morgan fingerprint density at radius 1 is 1.33 bits per heavy atom. The van der Waals surface area contributed by atoms with Crippen LogP contribution in [-0.2, 0) is 10.1 Å². The average molecular weight is 235 g/mol. The molecular weight excluding hydrogens is 234 g/mol. The first-order valence-electron chi connectivity index (χ1n) is 2.45. The molecule has 3 nitrogen and oxygen atoms in total. The van der Waals surface area contributed by atoms with E-state index in [1.807, 2.05) is 0 Å². The maximum atomic E-state index is 12.5. The molecule has 1 N–H and O–H groups in total. The molecule has 0 saturated heterocycles. The lowest BCUT2D eigenvalue weighted by molar-refractivity contribution is 0.464. The van der Waals surface area contributed by atoms with Crippen molar-refractivity contribution < 1.29 is 21.8 Å². The molecule has 0 radical (unpaired) electrons. The maximum Gasteiger partial charge on any atom is 0.307 e. The molecule has 0 saturated carbocycles. The minimum atomic E-state index is -4.72. The van der Waals surface area contributed by atoms with Gasteiger partial charge in [-0.15, -0.1) is 11.3 Å².